The Morgan fingerprint density at radius 1 is 1.37 bits per heavy atom. The van der Waals surface area contributed by atoms with Crippen molar-refractivity contribution in [3.8, 4) is 0 Å². The summed E-state index contributed by atoms with van der Waals surface area (Å²) in [6.45, 7) is 6.84. The predicted octanol–water partition coefficient (Wildman–Crippen LogP) is 1.79. The van der Waals surface area contributed by atoms with Gasteiger partial charge < -0.3 is 14.5 Å². The molecule has 0 amide bonds. The highest BCUT2D eigenvalue weighted by Crippen LogP contribution is 2.45. The van der Waals surface area contributed by atoms with Crippen LogP contribution in [0.5, 0.6) is 0 Å². The Morgan fingerprint density at radius 3 is 2.67 bits per heavy atom. The third-order valence-corrected chi connectivity index (χ3v) is 5.34. The quantitative estimate of drug-likeness (QED) is 0.306. The molecule has 1 aliphatic rings. The average Bonchev–Trinajstić information content (AvgIpc) is 2.85. The number of carbonyl (C=O) groups excluding carboxylic acids is 3. The fourth-order valence-electron chi connectivity index (χ4n) is 3.19. The number of thioether (sulfide) groups is 1. The first-order chi connectivity index (χ1) is 12.7. The molecule has 0 aliphatic carbocycles. The zero-order valence-electron chi connectivity index (χ0n) is 15.9. The molecule has 0 aromatic carbocycles. The Balaban J connectivity index is 2.17. The number of aryl methyl sites for hydroxylation is 1. The largest absolute Gasteiger partial charge is 0.465 e. The van der Waals surface area contributed by atoms with Crippen LogP contribution in [0.4, 0.5) is 0 Å². The van der Waals surface area contributed by atoms with Gasteiger partial charge in [0.1, 0.15) is 0 Å². The summed E-state index contributed by atoms with van der Waals surface area (Å²) in [7, 11) is 0. The van der Waals surface area contributed by atoms with Gasteiger partial charge in [0.05, 0.1) is 12.4 Å². The summed E-state index contributed by atoms with van der Waals surface area (Å²) in [6, 6.07) is 1.35. The van der Waals surface area contributed by atoms with E-state index in [0.29, 0.717) is 17.3 Å². The summed E-state index contributed by atoms with van der Waals surface area (Å²) in [5, 5.41) is 0.312. The molecular weight excluding hydrogens is 372 g/mol. The minimum atomic E-state index is -1.45. The molecule has 0 unspecified atom stereocenters. The number of nitrogens with zero attached hydrogens (tertiary/aromatic N) is 1. The molecule has 1 fully saturated rings. The van der Waals surface area contributed by atoms with Gasteiger partial charge in [-0.25, -0.2) is 4.98 Å². The standard InChI is InChI=1S/C18H24N2O6S/c1-5-7-18(14(23)25-6-2)10-17(4,26-15(18)24)12(21)9-27-16-19-11(3)8-13(22)20-16/h8H,5-7,9-10H2,1-4H3,(H,19,20,22)/t17-,18+/m1/s1. The molecule has 0 bridgehead atoms. The first-order valence-corrected chi connectivity index (χ1v) is 9.80. The number of Topliss-reactive ketones (excluding diaryl/α,β-unsaturated/α-hetero) is 1. The third-order valence-electron chi connectivity index (χ3n) is 4.47. The van der Waals surface area contributed by atoms with Gasteiger partial charge in [-0.1, -0.05) is 25.1 Å². The first kappa shape index (κ1) is 21.1. The van der Waals surface area contributed by atoms with Crippen LogP contribution < -0.4 is 5.56 Å². The number of ether oxygens (including phenoxy) is 2. The molecule has 1 aromatic rings. The molecule has 2 atom stereocenters. The van der Waals surface area contributed by atoms with Crippen LogP contribution in [0.15, 0.2) is 16.0 Å². The molecule has 8 nitrogen and oxygen atoms in total. The van der Waals surface area contributed by atoms with Crippen molar-refractivity contribution < 1.29 is 23.9 Å². The molecule has 148 valence electrons. The van der Waals surface area contributed by atoms with Crippen molar-refractivity contribution in [3.05, 3.63) is 22.1 Å². The summed E-state index contributed by atoms with van der Waals surface area (Å²) in [5.74, 6) is -1.77. The van der Waals surface area contributed by atoms with Gasteiger partial charge in [0.15, 0.2) is 22.0 Å². The molecule has 9 heteroatoms. The van der Waals surface area contributed by atoms with Crippen LogP contribution in [0.2, 0.25) is 0 Å². The van der Waals surface area contributed by atoms with Crippen LogP contribution in [0.25, 0.3) is 0 Å². The number of hydrogen-bond donors (Lipinski definition) is 1. The van der Waals surface area contributed by atoms with Crippen molar-refractivity contribution in [2.24, 2.45) is 5.41 Å². The van der Waals surface area contributed by atoms with Gasteiger partial charge in [-0.3, -0.25) is 19.2 Å². The Morgan fingerprint density at radius 2 is 2.07 bits per heavy atom. The number of esters is 2. The lowest BCUT2D eigenvalue weighted by Crippen LogP contribution is -2.40. The van der Waals surface area contributed by atoms with Gasteiger partial charge >= 0.3 is 11.9 Å². The predicted molar refractivity (Wildman–Crippen MR) is 98.4 cm³/mol. The number of ketones is 1. The van der Waals surface area contributed by atoms with Crippen LogP contribution in [-0.4, -0.2) is 45.7 Å². The van der Waals surface area contributed by atoms with E-state index in [9.17, 15) is 19.2 Å². The van der Waals surface area contributed by atoms with Gasteiger partial charge in [0, 0.05) is 18.2 Å². The Hall–Kier alpha value is -2.16. The summed E-state index contributed by atoms with van der Waals surface area (Å²) in [5.41, 5.74) is -2.64. The van der Waals surface area contributed by atoms with Crippen LogP contribution in [0.1, 0.15) is 45.7 Å². The topological polar surface area (TPSA) is 115 Å². The van der Waals surface area contributed by atoms with Gasteiger partial charge in [0.25, 0.3) is 5.56 Å². The number of aromatic amines is 1. The SMILES string of the molecule is CCC[C@@]1(C(=O)OCC)C[C@](C)(C(=O)CSc2nc(C)cc(=O)[nH]2)OC1=O. The zero-order chi connectivity index (χ0) is 20.2. The number of hydrogen-bond acceptors (Lipinski definition) is 8. The highest BCUT2D eigenvalue weighted by molar-refractivity contribution is 7.99. The van der Waals surface area contributed by atoms with Gasteiger partial charge in [0.2, 0.25) is 0 Å². The maximum Gasteiger partial charge on any atom is 0.324 e. The van der Waals surface area contributed by atoms with E-state index in [2.05, 4.69) is 9.97 Å². The van der Waals surface area contributed by atoms with E-state index in [1.807, 2.05) is 6.92 Å². The molecule has 2 rings (SSSR count). The number of cyclic esters (lactones) is 1. The van der Waals surface area contributed by atoms with Crippen molar-refractivity contribution in [3.63, 3.8) is 0 Å². The highest BCUT2D eigenvalue weighted by Gasteiger charge is 2.62. The van der Waals surface area contributed by atoms with Crippen molar-refractivity contribution in [1.82, 2.24) is 9.97 Å². The van der Waals surface area contributed by atoms with E-state index in [1.54, 1.807) is 13.8 Å². The first-order valence-electron chi connectivity index (χ1n) is 8.81. The van der Waals surface area contributed by atoms with Gasteiger partial charge in [-0.15, -0.1) is 0 Å². The lowest BCUT2D eigenvalue weighted by Gasteiger charge is -2.24. The molecule has 0 saturated carbocycles. The van der Waals surface area contributed by atoms with Crippen LogP contribution in [-0.2, 0) is 23.9 Å². The maximum atomic E-state index is 12.8. The second kappa shape index (κ2) is 8.24. The van der Waals surface area contributed by atoms with E-state index in [-0.39, 0.29) is 36.5 Å². The molecule has 1 aromatic heterocycles. The van der Waals surface area contributed by atoms with Gasteiger partial charge in [-0.2, -0.15) is 0 Å². The molecule has 0 spiro atoms. The van der Waals surface area contributed by atoms with E-state index < -0.39 is 23.0 Å². The number of nitrogens with one attached hydrogen (secondary N) is 1. The smallest absolute Gasteiger partial charge is 0.324 e. The lowest BCUT2D eigenvalue weighted by atomic mass is 9.76. The van der Waals surface area contributed by atoms with Crippen molar-refractivity contribution in [1.29, 1.82) is 0 Å². The minimum Gasteiger partial charge on any atom is -0.465 e. The number of aromatic nitrogens is 2. The molecule has 1 N–H and O–H groups in total. The van der Waals surface area contributed by atoms with Crippen molar-refractivity contribution >= 4 is 29.5 Å². The molecule has 1 saturated heterocycles. The number of H-pyrrole nitrogens is 1. The van der Waals surface area contributed by atoms with E-state index >= 15 is 0 Å². The minimum absolute atomic E-state index is 0.0529. The van der Waals surface area contributed by atoms with E-state index in [1.165, 1.54) is 13.0 Å². The fraction of sp³-hybridized carbons (Fsp3) is 0.611. The lowest BCUT2D eigenvalue weighted by molar-refractivity contribution is -0.167. The number of carbonyl (C=O) groups is 3. The zero-order valence-corrected chi connectivity index (χ0v) is 16.7. The monoisotopic (exact) mass is 396 g/mol. The normalized spacial score (nSPS) is 24.5. The average molecular weight is 396 g/mol. The molecule has 1 aliphatic heterocycles. The number of rotatable bonds is 8. The van der Waals surface area contributed by atoms with Crippen molar-refractivity contribution in [2.45, 2.75) is 57.7 Å². The maximum absolute atomic E-state index is 12.8. The Kier molecular flexibility index (Phi) is 6.46. The summed E-state index contributed by atoms with van der Waals surface area (Å²) >= 11 is 1.05. The van der Waals surface area contributed by atoms with E-state index in [4.69, 9.17) is 9.47 Å². The van der Waals surface area contributed by atoms with E-state index in [0.717, 1.165) is 11.8 Å². The van der Waals surface area contributed by atoms with Crippen molar-refractivity contribution in [2.75, 3.05) is 12.4 Å². The van der Waals surface area contributed by atoms with Gasteiger partial charge in [-0.05, 0) is 27.2 Å². The van der Waals surface area contributed by atoms with Crippen LogP contribution >= 0.6 is 11.8 Å². The molecule has 2 heterocycles. The summed E-state index contributed by atoms with van der Waals surface area (Å²) in [6.07, 6.45) is 0.775. The summed E-state index contributed by atoms with van der Waals surface area (Å²) < 4.78 is 10.5. The Labute approximate surface area is 161 Å². The third kappa shape index (κ3) is 4.40. The van der Waals surface area contributed by atoms with Crippen LogP contribution in [0.3, 0.4) is 0 Å². The molecule has 0 radical (unpaired) electrons. The van der Waals surface area contributed by atoms with Crippen LogP contribution in [0, 0.1) is 12.3 Å². The second-order valence-electron chi connectivity index (χ2n) is 6.75. The molecule has 27 heavy (non-hydrogen) atoms. The molecular formula is C18H24N2O6S. The second-order valence-corrected chi connectivity index (χ2v) is 7.72. The fourth-order valence-corrected chi connectivity index (χ4v) is 4.15. The summed E-state index contributed by atoms with van der Waals surface area (Å²) in [4.78, 5) is 55.9. The highest BCUT2D eigenvalue weighted by atomic mass is 32.2. The Bertz CT molecular complexity index is 807.